The van der Waals surface area contributed by atoms with Gasteiger partial charge in [0.05, 0.1) is 12.9 Å². The SMILES string of the molecule is COC(=O)C1CCC(C)=NN1S(=O)(=O)CCCc1ccc(OCc2ccccc2)cc1. The lowest BCUT2D eigenvalue weighted by molar-refractivity contribution is -0.145. The van der Waals surface area contributed by atoms with Gasteiger partial charge in [0.2, 0.25) is 0 Å². The maximum atomic E-state index is 12.8. The van der Waals surface area contributed by atoms with Crippen molar-refractivity contribution in [3.63, 3.8) is 0 Å². The van der Waals surface area contributed by atoms with Crippen molar-refractivity contribution in [3.05, 3.63) is 65.7 Å². The van der Waals surface area contributed by atoms with E-state index in [1.807, 2.05) is 54.6 Å². The van der Waals surface area contributed by atoms with Crippen LogP contribution >= 0.6 is 0 Å². The Hall–Kier alpha value is -2.87. The van der Waals surface area contributed by atoms with E-state index < -0.39 is 22.0 Å². The minimum atomic E-state index is -3.72. The molecule has 0 amide bonds. The highest BCUT2D eigenvalue weighted by atomic mass is 32.2. The van der Waals surface area contributed by atoms with Gasteiger partial charge in [0, 0.05) is 5.71 Å². The molecule has 3 rings (SSSR count). The van der Waals surface area contributed by atoms with Gasteiger partial charge in [0.1, 0.15) is 12.4 Å². The summed E-state index contributed by atoms with van der Waals surface area (Å²) in [6, 6.07) is 16.7. The first kappa shape index (κ1) is 22.8. The number of carbonyl (C=O) groups is 1. The Morgan fingerprint density at radius 2 is 1.81 bits per heavy atom. The molecule has 0 aromatic heterocycles. The Labute approximate surface area is 183 Å². The van der Waals surface area contributed by atoms with Gasteiger partial charge in [-0.2, -0.15) is 9.52 Å². The Morgan fingerprint density at radius 3 is 2.48 bits per heavy atom. The lowest BCUT2D eigenvalue weighted by Gasteiger charge is -2.30. The topological polar surface area (TPSA) is 85.3 Å². The fourth-order valence-electron chi connectivity index (χ4n) is 3.39. The molecule has 0 saturated carbocycles. The molecular weight excluding hydrogens is 416 g/mol. The summed E-state index contributed by atoms with van der Waals surface area (Å²) in [5.41, 5.74) is 2.80. The quantitative estimate of drug-likeness (QED) is 0.552. The van der Waals surface area contributed by atoms with Gasteiger partial charge in [-0.1, -0.05) is 42.5 Å². The van der Waals surface area contributed by atoms with Crippen molar-refractivity contribution in [1.29, 1.82) is 0 Å². The van der Waals surface area contributed by atoms with Crippen molar-refractivity contribution in [2.45, 2.75) is 45.3 Å². The summed E-state index contributed by atoms with van der Waals surface area (Å²) >= 11 is 0. The fraction of sp³-hybridized carbons (Fsp3) is 0.391. The maximum Gasteiger partial charge on any atom is 0.331 e. The second kappa shape index (κ2) is 10.4. The van der Waals surface area contributed by atoms with Crippen LogP contribution in [0.1, 0.15) is 37.3 Å². The molecule has 0 N–H and O–H groups in total. The smallest absolute Gasteiger partial charge is 0.331 e. The summed E-state index contributed by atoms with van der Waals surface area (Å²) in [6.45, 7) is 2.26. The number of hydrogen-bond donors (Lipinski definition) is 0. The van der Waals surface area contributed by atoms with Crippen molar-refractivity contribution in [2.24, 2.45) is 5.10 Å². The number of rotatable bonds is 9. The highest BCUT2D eigenvalue weighted by molar-refractivity contribution is 7.89. The van der Waals surface area contributed by atoms with E-state index >= 15 is 0 Å². The molecule has 166 valence electrons. The van der Waals surface area contributed by atoms with Gasteiger partial charge in [-0.05, 0) is 55.9 Å². The maximum absolute atomic E-state index is 12.8. The van der Waals surface area contributed by atoms with E-state index in [2.05, 4.69) is 5.10 Å². The molecule has 1 aliphatic heterocycles. The van der Waals surface area contributed by atoms with Crippen LogP contribution in [0.5, 0.6) is 5.75 Å². The molecule has 0 aliphatic carbocycles. The van der Waals surface area contributed by atoms with E-state index in [1.165, 1.54) is 7.11 Å². The summed E-state index contributed by atoms with van der Waals surface area (Å²) in [5.74, 6) is 0.0916. The molecule has 1 atom stereocenters. The van der Waals surface area contributed by atoms with Gasteiger partial charge in [0.15, 0.2) is 6.04 Å². The zero-order chi connectivity index (χ0) is 22.3. The average molecular weight is 445 g/mol. The van der Waals surface area contributed by atoms with Crippen LogP contribution in [0.4, 0.5) is 0 Å². The second-order valence-electron chi connectivity index (χ2n) is 7.52. The van der Waals surface area contributed by atoms with E-state index in [0.29, 0.717) is 38.0 Å². The van der Waals surface area contributed by atoms with Crippen molar-refractivity contribution >= 4 is 21.7 Å². The normalized spacial score (nSPS) is 16.5. The minimum absolute atomic E-state index is 0.0937. The number of benzene rings is 2. The van der Waals surface area contributed by atoms with Crippen LogP contribution in [0.3, 0.4) is 0 Å². The molecule has 2 aromatic carbocycles. The number of ether oxygens (including phenoxy) is 2. The number of hydrazone groups is 1. The second-order valence-corrected chi connectivity index (χ2v) is 9.47. The summed E-state index contributed by atoms with van der Waals surface area (Å²) in [6.07, 6.45) is 1.97. The molecule has 0 fully saturated rings. The molecule has 0 saturated heterocycles. The van der Waals surface area contributed by atoms with Crippen LogP contribution in [-0.4, -0.2) is 43.4 Å². The van der Waals surface area contributed by atoms with Gasteiger partial charge >= 0.3 is 5.97 Å². The largest absolute Gasteiger partial charge is 0.489 e. The van der Waals surface area contributed by atoms with Gasteiger partial charge in [0.25, 0.3) is 10.0 Å². The summed E-state index contributed by atoms with van der Waals surface area (Å²) in [7, 11) is -2.46. The molecule has 31 heavy (non-hydrogen) atoms. The Kier molecular flexibility index (Phi) is 7.68. The molecular formula is C23H28N2O5S. The number of methoxy groups -OCH3 is 1. The standard InChI is InChI=1S/C23H28N2O5S/c1-18-10-15-22(23(26)29-2)25(24-18)31(27,28)16-6-9-19-11-13-21(14-12-19)30-17-20-7-4-3-5-8-20/h3-5,7-8,11-14,22H,6,9-10,15-17H2,1-2H3. The van der Waals surface area contributed by atoms with Crippen LogP contribution < -0.4 is 4.74 Å². The van der Waals surface area contributed by atoms with Crippen LogP contribution in [0.2, 0.25) is 0 Å². The molecule has 1 aliphatic rings. The molecule has 2 aromatic rings. The first-order chi connectivity index (χ1) is 14.9. The fourth-order valence-corrected chi connectivity index (χ4v) is 4.93. The van der Waals surface area contributed by atoms with Crippen molar-refractivity contribution < 1.29 is 22.7 Å². The van der Waals surface area contributed by atoms with Crippen LogP contribution in [0.25, 0.3) is 0 Å². The van der Waals surface area contributed by atoms with Gasteiger partial charge in [-0.3, -0.25) is 0 Å². The Bertz CT molecular complexity index is 1000. The van der Waals surface area contributed by atoms with E-state index in [9.17, 15) is 13.2 Å². The minimum Gasteiger partial charge on any atom is -0.489 e. The van der Waals surface area contributed by atoms with Crippen molar-refractivity contribution in [2.75, 3.05) is 12.9 Å². The third-order valence-corrected chi connectivity index (χ3v) is 6.82. The predicted octanol–water partition coefficient (Wildman–Crippen LogP) is 3.54. The zero-order valence-electron chi connectivity index (χ0n) is 17.9. The molecule has 0 spiro atoms. The zero-order valence-corrected chi connectivity index (χ0v) is 18.7. The molecule has 1 unspecified atom stereocenters. The number of carbonyl (C=O) groups excluding carboxylic acids is 1. The monoisotopic (exact) mass is 444 g/mol. The molecule has 7 nitrogen and oxygen atoms in total. The Balaban J connectivity index is 1.53. The van der Waals surface area contributed by atoms with Crippen LogP contribution in [0, 0.1) is 0 Å². The summed E-state index contributed by atoms with van der Waals surface area (Å²) in [4.78, 5) is 12.0. The van der Waals surface area contributed by atoms with E-state index in [-0.39, 0.29) is 5.75 Å². The number of esters is 1. The Morgan fingerprint density at radius 1 is 1.10 bits per heavy atom. The summed E-state index contributed by atoms with van der Waals surface area (Å²) < 4.78 is 37.1. The first-order valence-corrected chi connectivity index (χ1v) is 11.9. The average Bonchev–Trinajstić information content (AvgIpc) is 2.78. The highest BCUT2D eigenvalue weighted by Crippen LogP contribution is 2.22. The highest BCUT2D eigenvalue weighted by Gasteiger charge is 2.36. The third kappa shape index (κ3) is 6.30. The van der Waals surface area contributed by atoms with Crippen molar-refractivity contribution in [1.82, 2.24) is 4.41 Å². The van der Waals surface area contributed by atoms with Gasteiger partial charge in [-0.25, -0.2) is 13.2 Å². The number of sulfonamides is 1. The number of aryl methyl sites for hydroxylation is 1. The first-order valence-electron chi connectivity index (χ1n) is 10.3. The van der Waals surface area contributed by atoms with Crippen molar-refractivity contribution in [3.8, 4) is 5.75 Å². The number of hydrogen-bond acceptors (Lipinski definition) is 6. The van der Waals surface area contributed by atoms with E-state index in [1.54, 1.807) is 6.92 Å². The third-order valence-electron chi connectivity index (χ3n) is 5.11. The van der Waals surface area contributed by atoms with Crippen LogP contribution in [-0.2, 0) is 32.6 Å². The number of nitrogens with zero attached hydrogens (tertiary/aromatic N) is 2. The molecule has 0 bridgehead atoms. The summed E-state index contributed by atoms with van der Waals surface area (Å²) in [5, 5.41) is 4.13. The molecule has 1 heterocycles. The van der Waals surface area contributed by atoms with Gasteiger partial charge in [-0.15, -0.1) is 0 Å². The molecule has 8 heteroatoms. The van der Waals surface area contributed by atoms with E-state index in [0.717, 1.165) is 21.3 Å². The lowest BCUT2D eigenvalue weighted by Crippen LogP contribution is -2.46. The predicted molar refractivity (Wildman–Crippen MR) is 119 cm³/mol. The molecule has 0 radical (unpaired) electrons. The lowest BCUT2D eigenvalue weighted by atomic mass is 10.1. The van der Waals surface area contributed by atoms with Gasteiger partial charge < -0.3 is 9.47 Å². The van der Waals surface area contributed by atoms with E-state index in [4.69, 9.17) is 9.47 Å². The van der Waals surface area contributed by atoms with Crippen LogP contribution in [0.15, 0.2) is 59.7 Å².